The molecule has 1 fully saturated rings. The van der Waals surface area contributed by atoms with Crippen LogP contribution in [-0.4, -0.2) is 53.3 Å². The number of rotatable bonds is 1. The maximum atomic E-state index is 11.7. The van der Waals surface area contributed by atoms with Crippen molar-refractivity contribution in [3.8, 4) is 0 Å². The van der Waals surface area contributed by atoms with Crippen LogP contribution in [0.15, 0.2) is 34.5 Å². The summed E-state index contributed by atoms with van der Waals surface area (Å²) in [6.07, 6.45) is 10.0. The molecule has 19 heavy (non-hydrogen) atoms. The zero-order chi connectivity index (χ0) is 13.3. The number of aliphatic imine (C=N–C) groups is 2. The monoisotopic (exact) mass is 260 g/mol. The molecule has 3 heterocycles. The van der Waals surface area contributed by atoms with Crippen LogP contribution in [0.3, 0.4) is 0 Å². The van der Waals surface area contributed by atoms with Crippen molar-refractivity contribution >= 4 is 18.3 Å². The number of nitrogens with zero attached hydrogens (tertiary/aromatic N) is 4. The summed E-state index contributed by atoms with van der Waals surface area (Å²) in [4.78, 5) is 24.3. The molecule has 0 bridgehead atoms. The second kappa shape index (κ2) is 4.53. The van der Waals surface area contributed by atoms with Crippen molar-refractivity contribution in [3.05, 3.63) is 24.6 Å². The van der Waals surface area contributed by atoms with Gasteiger partial charge in [-0.3, -0.25) is 4.90 Å². The fourth-order valence-electron chi connectivity index (χ4n) is 2.45. The lowest BCUT2D eigenvalue weighted by Gasteiger charge is -2.29. The van der Waals surface area contributed by atoms with Gasteiger partial charge in [-0.2, -0.15) is 0 Å². The number of hydrogen-bond acceptors (Lipinski definition) is 5. The smallest absolute Gasteiger partial charge is 0.409 e. The predicted molar refractivity (Wildman–Crippen MR) is 72.0 cm³/mol. The summed E-state index contributed by atoms with van der Waals surface area (Å²) in [6, 6.07) is 0. The molecule has 0 aromatic rings. The molecule has 0 aromatic carbocycles. The highest BCUT2D eigenvalue weighted by molar-refractivity contribution is 5.95. The van der Waals surface area contributed by atoms with Crippen LogP contribution in [0.5, 0.6) is 0 Å². The van der Waals surface area contributed by atoms with Crippen molar-refractivity contribution in [2.75, 3.05) is 19.7 Å². The van der Waals surface area contributed by atoms with Gasteiger partial charge in [0.05, 0.1) is 13.2 Å². The summed E-state index contributed by atoms with van der Waals surface area (Å²) < 4.78 is 5.03. The number of carbonyl (C=O) groups is 1. The topological polar surface area (TPSA) is 57.5 Å². The molecule has 3 rings (SSSR count). The number of allylic oxidation sites excluding steroid dienone is 1. The largest absolute Gasteiger partial charge is 0.450 e. The first-order valence-corrected chi connectivity index (χ1v) is 6.42. The molecule has 3 aliphatic rings. The predicted octanol–water partition coefficient (Wildman–Crippen LogP) is 1.37. The van der Waals surface area contributed by atoms with E-state index in [1.54, 1.807) is 11.1 Å². The average Bonchev–Trinajstić information content (AvgIpc) is 2.83. The molecule has 6 nitrogen and oxygen atoms in total. The molecule has 1 unspecified atom stereocenters. The minimum absolute atomic E-state index is 0.262. The van der Waals surface area contributed by atoms with Gasteiger partial charge >= 0.3 is 6.09 Å². The van der Waals surface area contributed by atoms with Crippen LogP contribution in [0.25, 0.3) is 0 Å². The molecule has 1 atom stereocenters. The summed E-state index contributed by atoms with van der Waals surface area (Å²) in [5.41, 5.74) is -0.346. The number of ether oxygens (including phenoxy) is 1. The number of guanidine groups is 1. The van der Waals surface area contributed by atoms with E-state index in [-0.39, 0.29) is 11.6 Å². The first-order chi connectivity index (χ1) is 9.22. The Balaban J connectivity index is 1.76. The Hall–Kier alpha value is -2.11. The number of hydrogen-bond donors (Lipinski definition) is 0. The van der Waals surface area contributed by atoms with Crippen LogP contribution in [-0.2, 0) is 4.74 Å². The van der Waals surface area contributed by atoms with Crippen LogP contribution < -0.4 is 0 Å². The molecular formula is C13H16N4O2. The maximum absolute atomic E-state index is 11.7. The minimum Gasteiger partial charge on any atom is -0.450 e. The van der Waals surface area contributed by atoms with Gasteiger partial charge in [-0.15, -0.1) is 0 Å². The Morgan fingerprint density at radius 2 is 2.42 bits per heavy atom. The maximum Gasteiger partial charge on any atom is 0.409 e. The van der Waals surface area contributed by atoms with Gasteiger partial charge in [0.1, 0.15) is 5.54 Å². The second-order valence-electron chi connectivity index (χ2n) is 4.73. The molecular weight excluding hydrogens is 244 g/mol. The van der Waals surface area contributed by atoms with Gasteiger partial charge in [0.2, 0.25) is 5.96 Å². The lowest BCUT2D eigenvalue weighted by Crippen LogP contribution is -2.38. The Morgan fingerprint density at radius 1 is 1.53 bits per heavy atom. The summed E-state index contributed by atoms with van der Waals surface area (Å²) in [5, 5.41) is 0. The van der Waals surface area contributed by atoms with Crippen molar-refractivity contribution in [1.82, 2.24) is 9.80 Å². The molecule has 1 saturated heterocycles. The Kier molecular flexibility index (Phi) is 2.85. The minimum atomic E-state index is -0.346. The summed E-state index contributed by atoms with van der Waals surface area (Å²) in [5.74, 6) is 0.677. The standard InChI is InChI=1S/C13H16N4O2/c1-2-19-12(18)17-9-5-13(10-17)4-8-16-7-3-6-14-11(16)15-13/h3-4,6-8H,2,5,9-10H2,1H3. The summed E-state index contributed by atoms with van der Waals surface area (Å²) >= 11 is 0. The fourth-order valence-corrected chi connectivity index (χ4v) is 2.45. The zero-order valence-electron chi connectivity index (χ0n) is 10.8. The average molecular weight is 260 g/mol. The third-order valence-electron chi connectivity index (χ3n) is 3.43. The van der Waals surface area contributed by atoms with Crippen LogP contribution in [0.2, 0.25) is 0 Å². The first-order valence-electron chi connectivity index (χ1n) is 6.42. The molecule has 0 radical (unpaired) electrons. The lowest BCUT2D eigenvalue weighted by atomic mass is 9.98. The van der Waals surface area contributed by atoms with Gasteiger partial charge in [-0.25, -0.2) is 14.8 Å². The molecule has 6 heteroatoms. The molecule has 0 saturated carbocycles. The van der Waals surface area contributed by atoms with E-state index < -0.39 is 0 Å². The van der Waals surface area contributed by atoms with Crippen LogP contribution in [0.1, 0.15) is 13.3 Å². The van der Waals surface area contributed by atoms with Crippen LogP contribution in [0.4, 0.5) is 4.79 Å². The molecule has 0 N–H and O–H groups in total. The van der Waals surface area contributed by atoms with Crippen molar-refractivity contribution in [2.45, 2.75) is 18.9 Å². The van der Waals surface area contributed by atoms with Crippen LogP contribution in [0, 0.1) is 0 Å². The van der Waals surface area contributed by atoms with E-state index in [2.05, 4.69) is 9.98 Å². The normalized spacial score (nSPS) is 27.7. The van der Waals surface area contributed by atoms with Gasteiger partial charge < -0.3 is 9.64 Å². The van der Waals surface area contributed by atoms with Gasteiger partial charge in [-0.05, 0) is 25.5 Å². The first kappa shape index (κ1) is 12.0. The van der Waals surface area contributed by atoms with E-state index in [0.29, 0.717) is 25.7 Å². The Labute approximate surface area is 111 Å². The third kappa shape index (κ3) is 2.14. The van der Waals surface area contributed by atoms with Gasteiger partial charge in [-0.1, -0.05) is 0 Å². The molecule has 0 aromatic heterocycles. The lowest BCUT2D eigenvalue weighted by molar-refractivity contribution is 0.114. The van der Waals surface area contributed by atoms with Crippen molar-refractivity contribution < 1.29 is 9.53 Å². The molecule has 3 aliphatic heterocycles. The number of fused-ring (bicyclic) bond motifs is 1. The van der Waals surface area contributed by atoms with E-state index >= 15 is 0 Å². The quantitative estimate of drug-likeness (QED) is 0.715. The number of amides is 1. The van der Waals surface area contributed by atoms with E-state index in [4.69, 9.17) is 4.74 Å². The van der Waals surface area contributed by atoms with Gasteiger partial charge in [0.15, 0.2) is 0 Å². The Morgan fingerprint density at radius 3 is 3.26 bits per heavy atom. The van der Waals surface area contributed by atoms with Crippen LogP contribution >= 0.6 is 0 Å². The fraction of sp³-hybridized carbons (Fsp3) is 0.462. The second-order valence-corrected chi connectivity index (χ2v) is 4.73. The molecule has 1 amide bonds. The molecule has 0 aliphatic carbocycles. The van der Waals surface area contributed by atoms with E-state index in [9.17, 15) is 4.79 Å². The molecule has 100 valence electrons. The SMILES string of the molecule is CCOC(=O)N1CCC2(C=CN3C=CC=NC3=N2)C1. The summed E-state index contributed by atoms with van der Waals surface area (Å²) in [6.45, 7) is 3.43. The van der Waals surface area contributed by atoms with E-state index in [1.165, 1.54) is 0 Å². The highest BCUT2D eigenvalue weighted by Gasteiger charge is 2.41. The van der Waals surface area contributed by atoms with Crippen molar-refractivity contribution in [1.29, 1.82) is 0 Å². The highest BCUT2D eigenvalue weighted by atomic mass is 16.6. The zero-order valence-corrected chi connectivity index (χ0v) is 10.8. The highest BCUT2D eigenvalue weighted by Crippen LogP contribution is 2.31. The Bertz CT molecular complexity index is 509. The third-order valence-corrected chi connectivity index (χ3v) is 3.43. The molecule has 1 spiro atoms. The summed E-state index contributed by atoms with van der Waals surface area (Å²) in [7, 11) is 0. The van der Waals surface area contributed by atoms with Gasteiger partial charge in [0.25, 0.3) is 0 Å². The number of carbonyl (C=O) groups excluding carboxylic acids is 1. The van der Waals surface area contributed by atoms with E-state index in [0.717, 1.165) is 6.42 Å². The van der Waals surface area contributed by atoms with Gasteiger partial charge in [0, 0.05) is 25.2 Å². The number of likely N-dealkylation sites (tertiary alicyclic amines) is 1. The van der Waals surface area contributed by atoms with E-state index in [1.807, 2.05) is 36.4 Å². The van der Waals surface area contributed by atoms with Crippen molar-refractivity contribution in [2.24, 2.45) is 9.98 Å². The van der Waals surface area contributed by atoms with Crippen molar-refractivity contribution in [3.63, 3.8) is 0 Å².